The van der Waals surface area contributed by atoms with Gasteiger partial charge in [-0.3, -0.25) is 0 Å². The van der Waals surface area contributed by atoms with Crippen molar-refractivity contribution in [3.63, 3.8) is 0 Å². The number of hydrogen-bond acceptors (Lipinski definition) is 5. The number of ether oxygens (including phenoxy) is 1. The van der Waals surface area contributed by atoms with E-state index in [-0.39, 0.29) is 5.97 Å². The molecule has 1 heterocycles. The van der Waals surface area contributed by atoms with Crippen molar-refractivity contribution in [2.75, 3.05) is 42.9 Å². The first-order valence-corrected chi connectivity index (χ1v) is 12.6. The van der Waals surface area contributed by atoms with E-state index in [0.717, 1.165) is 60.7 Å². The summed E-state index contributed by atoms with van der Waals surface area (Å²) in [6, 6.07) is 14.4. The van der Waals surface area contributed by atoms with E-state index in [9.17, 15) is 4.79 Å². The number of carbonyl (C=O) groups excluding carboxylic acids is 1. The maximum atomic E-state index is 11.4. The molecule has 0 saturated carbocycles. The molecule has 6 nitrogen and oxygen atoms in total. The van der Waals surface area contributed by atoms with E-state index in [1.807, 2.05) is 12.1 Å². The summed E-state index contributed by atoms with van der Waals surface area (Å²) in [7, 11) is 2.06. The summed E-state index contributed by atoms with van der Waals surface area (Å²) in [6.45, 7) is 5.27. The average Bonchev–Trinajstić information content (AvgIpc) is 3.16. The molecule has 2 aromatic carbocycles. The van der Waals surface area contributed by atoms with Gasteiger partial charge >= 0.3 is 5.97 Å². The summed E-state index contributed by atoms with van der Waals surface area (Å²) < 4.78 is 7.05. The van der Waals surface area contributed by atoms with E-state index in [1.165, 1.54) is 11.6 Å². The number of esters is 1. The SMILES string of the molecule is CCOC(=O)/C=C/c1ccc(CNCCc2nc3cc(N(CCCl)CCCl)ccc3n2C)cc1. The Morgan fingerprint density at radius 3 is 2.56 bits per heavy atom. The number of alkyl halides is 2. The van der Waals surface area contributed by atoms with E-state index in [0.29, 0.717) is 18.4 Å². The Bertz CT molecular complexity index is 1090. The largest absolute Gasteiger partial charge is 0.463 e. The van der Waals surface area contributed by atoms with Crippen molar-refractivity contribution in [1.29, 1.82) is 0 Å². The Balaban J connectivity index is 1.54. The summed E-state index contributed by atoms with van der Waals surface area (Å²) in [4.78, 5) is 18.5. The number of halogens is 2. The van der Waals surface area contributed by atoms with Crippen LogP contribution in [0.25, 0.3) is 17.1 Å². The van der Waals surface area contributed by atoms with Crippen LogP contribution in [-0.4, -0.2) is 53.5 Å². The third kappa shape index (κ3) is 7.23. The smallest absolute Gasteiger partial charge is 0.330 e. The van der Waals surface area contributed by atoms with Crippen LogP contribution in [0.2, 0.25) is 0 Å². The molecular formula is C26H32Cl2N4O2. The summed E-state index contributed by atoms with van der Waals surface area (Å²) in [5, 5.41) is 3.49. The minimum absolute atomic E-state index is 0.325. The van der Waals surface area contributed by atoms with Crippen LogP contribution in [0.3, 0.4) is 0 Å². The van der Waals surface area contributed by atoms with Crippen molar-refractivity contribution in [2.45, 2.75) is 19.9 Å². The molecule has 0 saturated heterocycles. The molecule has 0 amide bonds. The fourth-order valence-corrected chi connectivity index (χ4v) is 4.17. The molecule has 34 heavy (non-hydrogen) atoms. The Hall–Kier alpha value is -2.54. The van der Waals surface area contributed by atoms with Crippen molar-refractivity contribution in [3.8, 4) is 0 Å². The highest BCUT2D eigenvalue weighted by atomic mass is 35.5. The van der Waals surface area contributed by atoms with Crippen LogP contribution in [0, 0.1) is 0 Å². The fourth-order valence-electron chi connectivity index (χ4n) is 3.77. The second-order valence-electron chi connectivity index (χ2n) is 7.88. The molecule has 0 aliphatic carbocycles. The number of anilines is 1. The molecule has 0 spiro atoms. The average molecular weight is 503 g/mol. The monoisotopic (exact) mass is 502 g/mol. The number of carbonyl (C=O) groups is 1. The second-order valence-corrected chi connectivity index (χ2v) is 8.63. The van der Waals surface area contributed by atoms with Crippen LogP contribution in [0.15, 0.2) is 48.5 Å². The molecule has 0 aliphatic heterocycles. The zero-order valence-corrected chi connectivity index (χ0v) is 21.3. The summed E-state index contributed by atoms with van der Waals surface area (Å²) in [5.74, 6) is 1.83. The molecule has 1 aromatic heterocycles. The predicted molar refractivity (Wildman–Crippen MR) is 142 cm³/mol. The van der Waals surface area contributed by atoms with Gasteiger partial charge in [-0.1, -0.05) is 24.3 Å². The van der Waals surface area contributed by atoms with Gasteiger partial charge in [0.15, 0.2) is 0 Å². The third-order valence-electron chi connectivity index (χ3n) is 5.56. The molecule has 0 radical (unpaired) electrons. The molecule has 0 atom stereocenters. The topological polar surface area (TPSA) is 59.4 Å². The minimum Gasteiger partial charge on any atom is -0.463 e. The number of aromatic nitrogens is 2. The lowest BCUT2D eigenvalue weighted by atomic mass is 10.1. The molecule has 3 rings (SSSR count). The number of nitrogens with zero attached hydrogens (tertiary/aromatic N) is 3. The molecule has 0 fully saturated rings. The van der Waals surface area contributed by atoms with Crippen LogP contribution >= 0.6 is 23.2 Å². The number of imidazole rings is 1. The van der Waals surface area contributed by atoms with Crippen molar-refractivity contribution in [1.82, 2.24) is 14.9 Å². The van der Waals surface area contributed by atoms with Gasteiger partial charge in [-0.25, -0.2) is 9.78 Å². The van der Waals surface area contributed by atoms with Gasteiger partial charge in [-0.15, -0.1) is 23.2 Å². The fraction of sp³-hybridized carbons (Fsp3) is 0.385. The second kappa shape index (κ2) is 13.4. The van der Waals surface area contributed by atoms with Gasteiger partial charge in [0.2, 0.25) is 0 Å². The van der Waals surface area contributed by atoms with Crippen molar-refractivity contribution >= 4 is 52.0 Å². The molecule has 1 N–H and O–H groups in total. The van der Waals surface area contributed by atoms with Gasteiger partial charge in [-0.05, 0) is 42.3 Å². The standard InChI is InChI=1S/C26H32Cl2N4O2/c1-3-34-26(33)11-8-20-4-6-21(7-5-20)19-29-15-12-25-30-23-18-22(9-10-24(23)31(25)2)32(16-13-27)17-14-28/h4-11,18,29H,3,12-17,19H2,1-2H3/b11-8+. The Morgan fingerprint density at radius 2 is 1.88 bits per heavy atom. The highest BCUT2D eigenvalue weighted by molar-refractivity contribution is 6.18. The number of hydrogen-bond donors (Lipinski definition) is 1. The van der Waals surface area contributed by atoms with Crippen LogP contribution < -0.4 is 10.2 Å². The van der Waals surface area contributed by atoms with E-state index in [2.05, 4.69) is 52.2 Å². The lowest BCUT2D eigenvalue weighted by Crippen LogP contribution is -2.27. The van der Waals surface area contributed by atoms with Gasteiger partial charge in [0.25, 0.3) is 0 Å². The highest BCUT2D eigenvalue weighted by Crippen LogP contribution is 2.23. The van der Waals surface area contributed by atoms with E-state index < -0.39 is 0 Å². The maximum absolute atomic E-state index is 11.4. The number of fused-ring (bicyclic) bond motifs is 1. The predicted octanol–water partition coefficient (Wildman–Crippen LogP) is 4.77. The highest BCUT2D eigenvalue weighted by Gasteiger charge is 2.11. The summed E-state index contributed by atoms with van der Waals surface area (Å²) >= 11 is 11.9. The van der Waals surface area contributed by atoms with Gasteiger partial charge in [0, 0.05) is 63.2 Å². The zero-order chi connectivity index (χ0) is 24.3. The lowest BCUT2D eigenvalue weighted by Gasteiger charge is -2.22. The van der Waals surface area contributed by atoms with Crippen LogP contribution in [0.4, 0.5) is 5.69 Å². The Morgan fingerprint density at radius 1 is 1.15 bits per heavy atom. The molecule has 182 valence electrons. The molecule has 8 heteroatoms. The normalized spacial score (nSPS) is 11.4. The van der Waals surface area contributed by atoms with Gasteiger partial charge in [0.05, 0.1) is 17.6 Å². The number of nitrogens with one attached hydrogen (secondary N) is 1. The van der Waals surface area contributed by atoms with Crippen LogP contribution in [0.5, 0.6) is 0 Å². The van der Waals surface area contributed by atoms with Gasteiger partial charge < -0.3 is 19.5 Å². The van der Waals surface area contributed by atoms with Crippen molar-refractivity contribution in [3.05, 3.63) is 65.5 Å². The van der Waals surface area contributed by atoms with Crippen molar-refractivity contribution < 1.29 is 9.53 Å². The van der Waals surface area contributed by atoms with Gasteiger partial charge in [-0.2, -0.15) is 0 Å². The zero-order valence-electron chi connectivity index (χ0n) is 19.8. The molecule has 0 unspecified atom stereocenters. The van der Waals surface area contributed by atoms with Crippen molar-refractivity contribution in [2.24, 2.45) is 7.05 Å². The lowest BCUT2D eigenvalue weighted by molar-refractivity contribution is -0.137. The first-order valence-electron chi connectivity index (χ1n) is 11.5. The first kappa shape index (κ1) is 26.1. The summed E-state index contributed by atoms with van der Waals surface area (Å²) in [6.07, 6.45) is 4.04. The number of benzene rings is 2. The molecule has 0 bridgehead atoms. The Labute approximate surface area is 211 Å². The number of rotatable bonds is 13. The quantitative estimate of drug-likeness (QED) is 0.158. The third-order valence-corrected chi connectivity index (χ3v) is 5.90. The Kier molecular flexibility index (Phi) is 10.3. The molecule has 0 aliphatic rings. The summed E-state index contributed by atoms with van der Waals surface area (Å²) in [5.41, 5.74) is 5.34. The first-order chi connectivity index (χ1) is 16.5. The van der Waals surface area contributed by atoms with E-state index in [1.54, 1.807) is 13.0 Å². The van der Waals surface area contributed by atoms with E-state index >= 15 is 0 Å². The van der Waals surface area contributed by atoms with Crippen LogP contribution in [0.1, 0.15) is 23.9 Å². The maximum Gasteiger partial charge on any atom is 0.330 e. The minimum atomic E-state index is -0.325. The number of aryl methyl sites for hydroxylation is 1. The molecular weight excluding hydrogens is 471 g/mol. The molecule has 3 aromatic rings. The van der Waals surface area contributed by atoms with Gasteiger partial charge in [0.1, 0.15) is 5.82 Å². The van der Waals surface area contributed by atoms with E-state index in [4.69, 9.17) is 32.9 Å². The van der Waals surface area contributed by atoms with Crippen LogP contribution in [-0.2, 0) is 29.5 Å².